The van der Waals surface area contributed by atoms with Gasteiger partial charge < -0.3 is 19.1 Å². The second kappa shape index (κ2) is 11.7. The molecule has 6 nitrogen and oxygen atoms in total. The Morgan fingerprint density at radius 2 is 1.59 bits per heavy atom. The number of nitrogens with zero attached hydrogens (tertiary/aromatic N) is 2. The highest BCUT2D eigenvalue weighted by Gasteiger charge is 2.20. The van der Waals surface area contributed by atoms with Gasteiger partial charge in [-0.1, -0.05) is 41.9 Å². The lowest BCUT2D eigenvalue weighted by atomic mass is 10.3. The van der Waals surface area contributed by atoms with Crippen LogP contribution < -0.4 is 9.47 Å². The largest absolute Gasteiger partial charge is 0.491 e. The Bertz CT molecular complexity index is 751. The zero-order valence-corrected chi connectivity index (χ0v) is 17.2. The molecule has 1 amide bonds. The molecule has 0 aromatic heterocycles. The molecule has 0 unspecified atom stereocenters. The van der Waals surface area contributed by atoms with Crippen LogP contribution >= 0.6 is 11.6 Å². The summed E-state index contributed by atoms with van der Waals surface area (Å²) in [6, 6.07) is 17.0. The number of carbonyl (C=O) groups excluding carboxylic acids is 1. The Morgan fingerprint density at radius 3 is 2.34 bits per heavy atom. The molecule has 0 atom stereocenters. The van der Waals surface area contributed by atoms with Crippen LogP contribution in [-0.4, -0.2) is 74.9 Å². The van der Waals surface area contributed by atoms with Crippen molar-refractivity contribution < 1.29 is 19.0 Å². The van der Waals surface area contributed by atoms with Gasteiger partial charge >= 0.3 is 0 Å². The van der Waals surface area contributed by atoms with Crippen molar-refractivity contribution in [3.8, 4) is 11.5 Å². The molecular formula is C22H27ClN2O4. The first-order chi connectivity index (χ1) is 14.2. The van der Waals surface area contributed by atoms with Gasteiger partial charge in [-0.2, -0.15) is 0 Å². The number of ether oxygens (including phenoxy) is 3. The van der Waals surface area contributed by atoms with Gasteiger partial charge in [-0.15, -0.1) is 0 Å². The van der Waals surface area contributed by atoms with Crippen LogP contribution in [0.3, 0.4) is 0 Å². The Morgan fingerprint density at radius 1 is 0.862 bits per heavy atom. The van der Waals surface area contributed by atoms with Crippen molar-refractivity contribution in [3.05, 3.63) is 59.6 Å². The number of rotatable bonds is 10. The molecule has 0 radical (unpaired) electrons. The number of para-hydroxylation sites is 2. The highest BCUT2D eigenvalue weighted by atomic mass is 35.5. The second-order valence-corrected chi connectivity index (χ2v) is 7.12. The molecule has 0 bridgehead atoms. The number of benzene rings is 2. The van der Waals surface area contributed by atoms with E-state index in [2.05, 4.69) is 4.90 Å². The summed E-state index contributed by atoms with van der Waals surface area (Å²) in [4.78, 5) is 16.4. The van der Waals surface area contributed by atoms with Gasteiger partial charge in [-0.05, 0) is 24.3 Å². The van der Waals surface area contributed by atoms with Gasteiger partial charge in [0.1, 0.15) is 31.3 Å². The van der Waals surface area contributed by atoms with Gasteiger partial charge in [-0.25, -0.2) is 0 Å². The topological polar surface area (TPSA) is 51.2 Å². The fourth-order valence-corrected chi connectivity index (χ4v) is 3.24. The summed E-state index contributed by atoms with van der Waals surface area (Å²) in [7, 11) is 0. The summed E-state index contributed by atoms with van der Waals surface area (Å²) in [5.74, 6) is 1.53. The fourth-order valence-electron chi connectivity index (χ4n) is 3.05. The predicted octanol–water partition coefficient (Wildman–Crippen LogP) is 2.96. The molecule has 1 aliphatic heterocycles. The summed E-state index contributed by atoms with van der Waals surface area (Å²) in [6.07, 6.45) is 0. The molecule has 0 saturated carbocycles. The molecule has 1 fully saturated rings. The van der Waals surface area contributed by atoms with Crippen molar-refractivity contribution >= 4 is 17.5 Å². The number of hydrogen-bond donors (Lipinski definition) is 0. The van der Waals surface area contributed by atoms with E-state index in [0.29, 0.717) is 43.7 Å². The van der Waals surface area contributed by atoms with E-state index in [-0.39, 0.29) is 12.5 Å². The van der Waals surface area contributed by atoms with Gasteiger partial charge in [-0.3, -0.25) is 9.69 Å². The minimum Gasteiger partial charge on any atom is -0.491 e. The number of hydrogen-bond acceptors (Lipinski definition) is 5. The Kier molecular flexibility index (Phi) is 8.61. The monoisotopic (exact) mass is 418 g/mol. The van der Waals surface area contributed by atoms with E-state index < -0.39 is 0 Å². The van der Waals surface area contributed by atoms with Crippen molar-refractivity contribution in [1.82, 2.24) is 9.80 Å². The van der Waals surface area contributed by atoms with Crippen molar-refractivity contribution in [2.75, 3.05) is 59.2 Å². The lowest BCUT2D eigenvalue weighted by molar-refractivity contribution is -0.138. The molecule has 156 valence electrons. The highest BCUT2D eigenvalue weighted by Crippen LogP contribution is 2.22. The van der Waals surface area contributed by atoms with E-state index in [1.165, 1.54) is 0 Å². The minimum atomic E-state index is 0.0247. The van der Waals surface area contributed by atoms with Crippen LogP contribution in [0.15, 0.2) is 54.6 Å². The highest BCUT2D eigenvalue weighted by molar-refractivity contribution is 6.32. The zero-order chi connectivity index (χ0) is 20.3. The molecule has 1 saturated heterocycles. The molecule has 7 heteroatoms. The Labute approximate surface area is 176 Å². The van der Waals surface area contributed by atoms with Gasteiger partial charge in [0.15, 0.2) is 0 Å². The van der Waals surface area contributed by atoms with Crippen molar-refractivity contribution in [3.63, 3.8) is 0 Å². The molecule has 3 rings (SSSR count). The summed E-state index contributed by atoms with van der Waals surface area (Å²) in [5, 5.41) is 0.622. The van der Waals surface area contributed by atoms with Crippen LogP contribution in [0.1, 0.15) is 0 Å². The number of halogens is 1. The lowest BCUT2D eigenvalue weighted by Gasteiger charge is -2.34. The molecular weight excluding hydrogens is 392 g/mol. The third kappa shape index (κ3) is 7.24. The summed E-state index contributed by atoms with van der Waals surface area (Å²) < 4.78 is 16.7. The van der Waals surface area contributed by atoms with Crippen molar-refractivity contribution in [1.29, 1.82) is 0 Å². The first kappa shape index (κ1) is 21.4. The maximum atomic E-state index is 12.3. The van der Waals surface area contributed by atoms with Gasteiger partial charge in [0.25, 0.3) is 0 Å². The third-order valence-electron chi connectivity index (χ3n) is 4.69. The smallest absolute Gasteiger partial charge is 0.248 e. The molecule has 0 aliphatic carbocycles. The van der Waals surface area contributed by atoms with Crippen LogP contribution in [0, 0.1) is 0 Å². The van der Waals surface area contributed by atoms with E-state index in [1.54, 1.807) is 0 Å². The molecule has 2 aromatic rings. The Balaban J connectivity index is 1.25. The van der Waals surface area contributed by atoms with Crippen LogP contribution in [0.25, 0.3) is 0 Å². The standard InChI is InChI=1S/C22H27ClN2O4/c23-20-8-4-5-9-21(20)29-15-14-24-10-12-25(13-11-24)22(26)18-27-16-17-28-19-6-2-1-3-7-19/h1-9H,10-18H2. The maximum absolute atomic E-state index is 12.3. The van der Waals surface area contributed by atoms with Crippen molar-refractivity contribution in [2.45, 2.75) is 0 Å². The van der Waals surface area contributed by atoms with Gasteiger partial charge in [0.05, 0.1) is 11.6 Å². The molecule has 1 heterocycles. The second-order valence-electron chi connectivity index (χ2n) is 6.72. The van der Waals surface area contributed by atoms with Crippen LogP contribution in [0.5, 0.6) is 11.5 Å². The minimum absolute atomic E-state index is 0.0247. The summed E-state index contributed by atoms with van der Waals surface area (Å²) in [6.45, 7) is 5.35. The summed E-state index contributed by atoms with van der Waals surface area (Å²) in [5.41, 5.74) is 0. The quantitative estimate of drug-likeness (QED) is 0.555. The first-order valence-electron chi connectivity index (χ1n) is 9.85. The van der Waals surface area contributed by atoms with E-state index >= 15 is 0 Å². The first-order valence-corrected chi connectivity index (χ1v) is 10.2. The SMILES string of the molecule is O=C(COCCOc1ccccc1)N1CCN(CCOc2ccccc2Cl)CC1. The van der Waals surface area contributed by atoms with E-state index in [9.17, 15) is 4.79 Å². The van der Waals surface area contributed by atoms with E-state index in [4.69, 9.17) is 25.8 Å². The normalized spacial score (nSPS) is 14.6. The van der Waals surface area contributed by atoms with Crippen LogP contribution in [0.2, 0.25) is 5.02 Å². The van der Waals surface area contributed by atoms with Gasteiger partial charge in [0, 0.05) is 32.7 Å². The summed E-state index contributed by atoms with van der Waals surface area (Å²) >= 11 is 6.09. The van der Waals surface area contributed by atoms with E-state index in [1.807, 2.05) is 59.5 Å². The van der Waals surface area contributed by atoms with Crippen LogP contribution in [0.4, 0.5) is 0 Å². The molecule has 2 aromatic carbocycles. The third-order valence-corrected chi connectivity index (χ3v) is 5.00. The Hall–Kier alpha value is -2.28. The van der Waals surface area contributed by atoms with E-state index in [0.717, 1.165) is 25.4 Å². The number of piperazine rings is 1. The maximum Gasteiger partial charge on any atom is 0.248 e. The molecule has 0 N–H and O–H groups in total. The van der Waals surface area contributed by atoms with Gasteiger partial charge in [0.2, 0.25) is 5.91 Å². The average Bonchev–Trinajstić information content (AvgIpc) is 2.76. The molecule has 0 spiro atoms. The predicted molar refractivity (Wildman–Crippen MR) is 113 cm³/mol. The average molecular weight is 419 g/mol. The fraction of sp³-hybridized carbons (Fsp3) is 0.409. The lowest BCUT2D eigenvalue weighted by Crippen LogP contribution is -2.50. The molecule has 29 heavy (non-hydrogen) atoms. The number of amides is 1. The zero-order valence-electron chi connectivity index (χ0n) is 16.5. The number of carbonyl (C=O) groups is 1. The molecule has 1 aliphatic rings. The van der Waals surface area contributed by atoms with Crippen molar-refractivity contribution in [2.24, 2.45) is 0 Å². The van der Waals surface area contributed by atoms with Crippen LogP contribution in [-0.2, 0) is 9.53 Å².